The largest absolute Gasteiger partial charge is 0.394 e. The third-order valence-electron chi connectivity index (χ3n) is 3.20. The molecule has 1 saturated heterocycles. The molecule has 4 N–H and O–H groups in total. The lowest BCUT2D eigenvalue weighted by Crippen LogP contribution is -2.36. The maximum atomic E-state index is 9.76. The number of aliphatic hydroxyl groups excluding tert-OH is 3. The van der Waals surface area contributed by atoms with Crippen LogP contribution in [0, 0.1) is 6.92 Å². The number of hydrogen-bond acceptors (Lipinski definition) is 5. The van der Waals surface area contributed by atoms with Gasteiger partial charge in [0.2, 0.25) is 0 Å². The van der Waals surface area contributed by atoms with Gasteiger partial charge in [0.15, 0.2) is 0 Å². The number of benzene rings is 1. The van der Waals surface area contributed by atoms with Crippen molar-refractivity contribution in [2.24, 2.45) is 0 Å². The van der Waals surface area contributed by atoms with Gasteiger partial charge in [-0.05, 0) is 19.1 Å². The van der Waals surface area contributed by atoms with Crippen molar-refractivity contribution in [3.8, 4) is 0 Å². The van der Waals surface area contributed by atoms with Crippen molar-refractivity contribution in [3.63, 3.8) is 0 Å². The maximum absolute atomic E-state index is 9.76. The zero-order chi connectivity index (χ0) is 13.1. The number of anilines is 1. The van der Waals surface area contributed by atoms with Crippen LogP contribution >= 0.6 is 0 Å². The molecule has 0 aromatic heterocycles. The molecule has 1 aliphatic heterocycles. The van der Waals surface area contributed by atoms with Gasteiger partial charge in [-0.15, -0.1) is 0 Å². The van der Waals surface area contributed by atoms with Crippen molar-refractivity contribution >= 4 is 5.69 Å². The molecular formula is C13H19NO4. The van der Waals surface area contributed by atoms with Gasteiger partial charge in [-0.1, -0.05) is 17.7 Å². The molecule has 0 spiro atoms. The van der Waals surface area contributed by atoms with E-state index in [1.807, 2.05) is 31.2 Å². The van der Waals surface area contributed by atoms with Crippen molar-refractivity contribution in [3.05, 3.63) is 29.8 Å². The molecule has 5 nitrogen and oxygen atoms in total. The second-order valence-electron chi connectivity index (χ2n) is 4.62. The molecule has 1 aromatic rings. The lowest BCUT2D eigenvalue weighted by molar-refractivity contribution is -0.0184. The van der Waals surface area contributed by atoms with E-state index in [1.54, 1.807) is 0 Å². The highest BCUT2D eigenvalue weighted by atomic mass is 16.6. The number of hydrogen-bond donors (Lipinski definition) is 4. The average molecular weight is 253 g/mol. The van der Waals surface area contributed by atoms with Crippen LogP contribution in [0.3, 0.4) is 0 Å². The minimum atomic E-state index is -1.03. The summed E-state index contributed by atoms with van der Waals surface area (Å²) < 4.78 is 5.37. The summed E-state index contributed by atoms with van der Waals surface area (Å²) in [5.41, 5.74) is 2.10. The molecule has 1 aromatic carbocycles. The number of ether oxygens (including phenoxy) is 1. The second kappa shape index (κ2) is 5.67. The number of aryl methyl sites for hydroxylation is 1. The highest BCUT2D eigenvalue weighted by molar-refractivity contribution is 5.44. The smallest absolute Gasteiger partial charge is 0.111 e. The van der Waals surface area contributed by atoms with Gasteiger partial charge in [0, 0.05) is 12.2 Å². The van der Waals surface area contributed by atoms with Crippen LogP contribution in [0.1, 0.15) is 5.56 Å². The maximum Gasteiger partial charge on any atom is 0.111 e. The van der Waals surface area contributed by atoms with Gasteiger partial charge in [-0.2, -0.15) is 0 Å². The molecule has 18 heavy (non-hydrogen) atoms. The summed E-state index contributed by atoms with van der Waals surface area (Å²) in [6.07, 6.45) is -3.22. The van der Waals surface area contributed by atoms with E-state index in [9.17, 15) is 10.2 Å². The molecule has 0 unspecified atom stereocenters. The lowest BCUT2D eigenvalue weighted by Gasteiger charge is -2.16. The molecule has 0 aliphatic carbocycles. The van der Waals surface area contributed by atoms with E-state index in [1.165, 1.54) is 5.56 Å². The Bertz CT molecular complexity index is 381. The molecule has 1 heterocycles. The summed E-state index contributed by atoms with van der Waals surface area (Å²) in [5, 5.41) is 31.5. The Balaban J connectivity index is 1.89. The summed E-state index contributed by atoms with van der Waals surface area (Å²) >= 11 is 0. The first-order valence-electron chi connectivity index (χ1n) is 6.05. The van der Waals surface area contributed by atoms with Crippen molar-refractivity contribution in [1.82, 2.24) is 0 Å². The van der Waals surface area contributed by atoms with E-state index in [2.05, 4.69) is 5.32 Å². The second-order valence-corrected chi connectivity index (χ2v) is 4.62. The fourth-order valence-corrected chi connectivity index (χ4v) is 2.04. The molecule has 5 heteroatoms. The first-order chi connectivity index (χ1) is 8.61. The Kier molecular flexibility index (Phi) is 4.19. The standard InChI is InChI=1S/C13H19NO4/c1-8-2-4-9(5-3-8)14-6-10-12(16)13(17)11(7-15)18-10/h2-5,10-17H,6-7H2,1H3/t10-,11+,12-,13+/m0/s1. The van der Waals surface area contributed by atoms with E-state index in [4.69, 9.17) is 9.84 Å². The van der Waals surface area contributed by atoms with E-state index in [0.29, 0.717) is 6.54 Å². The van der Waals surface area contributed by atoms with Crippen LogP contribution in [0.4, 0.5) is 5.69 Å². The Labute approximate surface area is 106 Å². The zero-order valence-electron chi connectivity index (χ0n) is 10.3. The minimum Gasteiger partial charge on any atom is -0.394 e. The monoisotopic (exact) mass is 253 g/mol. The van der Waals surface area contributed by atoms with Crippen molar-refractivity contribution in [2.75, 3.05) is 18.5 Å². The van der Waals surface area contributed by atoms with Crippen LogP contribution < -0.4 is 5.32 Å². The number of rotatable bonds is 4. The van der Waals surface area contributed by atoms with Crippen molar-refractivity contribution in [1.29, 1.82) is 0 Å². The third-order valence-corrected chi connectivity index (χ3v) is 3.20. The van der Waals surface area contributed by atoms with Crippen LogP contribution in [-0.2, 0) is 4.74 Å². The average Bonchev–Trinajstić information content (AvgIpc) is 2.65. The molecule has 2 rings (SSSR count). The van der Waals surface area contributed by atoms with Gasteiger partial charge in [-0.3, -0.25) is 0 Å². The van der Waals surface area contributed by atoms with Gasteiger partial charge >= 0.3 is 0 Å². The first kappa shape index (κ1) is 13.3. The summed E-state index contributed by atoms with van der Waals surface area (Å²) in [4.78, 5) is 0. The summed E-state index contributed by atoms with van der Waals surface area (Å²) in [5.74, 6) is 0. The fourth-order valence-electron chi connectivity index (χ4n) is 2.04. The predicted octanol–water partition coefficient (Wildman–Crippen LogP) is -0.112. The third kappa shape index (κ3) is 2.81. The molecule has 1 fully saturated rings. The quantitative estimate of drug-likeness (QED) is 0.602. The molecule has 0 amide bonds. The molecule has 100 valence electrons. The Morgan fingerprint density at radius 3 is 2.28 bits per heavy atom. The van der Waals surface area contributed by atoms with Gasteiger partial charge in [0.1, 0.15) is 24.4 Å². The normalized spacial score (nSPS) is 31.6. The molecule has 1 aliphatic rings. The SMILES string of the molecule is Cc1ccc(NC[C@@H]2O[C@H](CO)[C@@H](O)[C@H]2O)cc1. The van der Waals surface area contributed by atoms with Crippen LogP contribution in [0.25, 0.3) is 0 Å². The van der Waals surface area contributed by atoms with E-state index >= 15 is 0 Å². The van der Waals surface area contributed by atoms with Crippen molar-refractivity contribution in [2.45, 2.75) is 31.3 Å². The molecular weight excluding hydrogens is 234 g/mol. The topological polar surface area (TPSA) is 82.0 Å². The molecule has 0 saturated carbocycles. The van der Waals surface area contributed by atoms with Crippen LogP contribution in [-0.4, -0.2) is 52.9 Å². The predicted molar refractivity (Wildman–Crippen MR) is 67.4 cm³/mol. The summed E-state index contributed by atoms with van der Waals surface area (Å²) in [6, 6.07) is 7.85. The lowest BCUT2D eigenvalue weighted by atomic mass is 10.1. The fraction of sp³-hybridized carbons (Fsp3) is 0.538. The van der Waals surface area contributed by atoms with Gasteiger partial charge in [-0.25, -0.2) is 0 Å². The Morgan fingerprint density at radius 2 is 1.72 bits per heavy atom. The van der Waals surface area contributed by atoms with E-state index in [-0.39, 0.29) is 6.61 Å². The Hall–Kier alpha value is -1.14. The molecule has 0 bridgehead atoms. The summed E-state index contributed by atoms with van der Waals surface area (Å²) in [6.45, 7) is 2.10. The van der Waals surface area contributed by atoms with Crippen LogP contribution in [0.5, 0.6) is 0 Å². The minimum absolute atomic E-state index is 0.292. The number of nitrogens with one attached hydrogen (secondary N) is 1. The highest BCUT2D eigenvalue weighted by Gasteiger charge is 2.41. The van der Waals surface area contributed by atoms with Gasteiger partial charge < -0.3 is 25.4 Å². The van der Waals surface area contributed by atoms with Crippen LogP contribution in [0.2, 0.25) is 0 Å². The van der Waals surface area contributed by atoms with Gasteiger partial charge in [0.25, 0.3) is 0 Å². The van der Waals surface area contributed by atoms with Crippen molar-refractivity contribution < 1.29 is 20.1 Å². The molecule has 4 atom stereocenters. The van der Waals surface area contributed by atoms with Crippen LogP contribution in [0.15, 0.2) is 24.3 Å². The van der Waals surface area contributed by atoms with E-state index < -0.39 is 24.4 Å². The van der Waals surface area contributed by atoms with Gasteiger partial charge in [0.05, 0.1) is 6.61 Å². The first-order valence-corrected chi connectivity index (χ1v) is 6.05. The van der Waals surface area contributed by atoms with E-state index in [0.717, 1.165) is 5.69 Å². The summed E-state index contributed by atoms with van der Waals surface area (Å²) in [7, 11) is 0. The highest BCUT2D eigenvalue weighted by Crippen LogP contribution is 2.21. The number of aliphatic hydroxyl groups is 3. The zero-order valence-corrected chi connectivity index (χ0v) is 10.3. The molecule has 0 radical (unpaired) electrons. The Morgan fingerprint density at radius 1 is 1.11 bits per heavy atom.